The van der Waals surface area contributed by atoms with E-state index < -0.39 is 12.1 Å². The average molecular weight is 288 g/mol. The Labute approximate surface area is 123 Å². The Kier molecular flexibility index (Phi) is 3.82. The minimum absolute atomic E-state index is 0.0127. The third-order valence-electron chi connectivity index (χ3n) is 4.49. The summed E-state index contributed by atoms with van der Waals surface area (Å²) in [5, 5.41) is 12.2. The summed E-state index contributed by atoms with van der Waals surface area (Å²) in [7, 11) is 0. The molecule has 5 heteroatoms. The zero-order chi connectivity index (χ0) is 14.8. The molecule has 3 rings (SSSR count). The molecule has 1 saturated heterocycles. The van der Waals surface area contributed by atoms with Crippen LogP contribution in [0.5, 0.6) is 0 Å². The predicted molar refractivity (Wildman–Crippen MR) is 78.0 cm³/mol. The van der Waals surface area contributed by atoms with Crippen LogP contribution in [0.3, 0.4) is 0 Å². The zero-order valence-corrected chi connectivity index (χ0v) is 11.9. The standard InChI is InChI=1S/C16H20N2O3/c19-15(14-9-4-10-18(14)16(20)21)17-13-8-3-6-11-5-1-2-7-12(11)13/h1-2,5,7,13-14H,3-4,6,8-10H2,(H,17,19)(H,20,21). The first-order valence-electron chi connectivity index (χ1n) is 7.54. The van der Waals surface area contributed by atoms with E-state index in [1.807, 2.05) is 12.1 Å². The Morgan fingerprint density at radius 2 is 2.00 bits per heavy atom. The molecule has 2 N–H and O–H groups in total. The van der Waals surface area contributed by atoms with Crippen LogP contribution in [-0.2, 0) is 11.2 Å². The van der Waals surface area contributed by atoms with Crippen molar-refractivity contribution in [1.29, 1.82) is 0 Å². The summed E-state index contributed by atoms with van der Waals surface area (Å²) in [6.45, 7) is 0.453. The molecular formula is C16H20N2O3. The molecule has 1 aliphatic carbocycles. The van der Waals surface area contributed by atoms with E-state index in [0.717, 1.165) is 25.7 Å². The van der Waals surface area contributed by atoms with Gasteiger partial charge >= 0.3 is 6.09 Å². The van der Waals surface area contributed by atoms with Crippen molar-refractivity contribution in [2.24, 2.45) is 0 Å². The number of amides is 2. The Balaban J connectivity index is 1.73. The fourth-order valence-corrected chi connectivity index (χ4v) is 3.44. The van der Waals surface area contributed by atoms with Crippen LogP contribution < -0.4 is 5.32 Å². The number of carbonyl (C=O) groups excluding carboxylic acids is 1. The van der Waals surface area contributed by atoms with E-state index in [-0.39, 0.29) is 11.9 Å². The number of fused-ring (bicyclic) bond motifs is 1. The Morgan fingerprint density at radius 3 is 2.81 bits per heavy atom. The maximum atomic E-state index is 12.4. The van der Waals surface area contributed by atoms with Crippen molar-refractivity contribution in [2.45, 2.75) is 44.2 Å². The molecule has 1 aromatic carbocycles. The topological polar surface area (TPSA) is 69.6 Å². The normalized spacial score (nSPS) is 24.5. The van der Waals surface area contributed by atoms with Crippen LogP contribution in [0.25, 0.3) is 0 Å². The molecule has 0 radical (unpaired) electrons. The summed E-state index contributed by atoms with van der Waals surface area (Å²) < 4.78 is 0. The van der Waals surface area contributed by atoms with E-state index in [1.54, 1.807) is 0 Å². The highest BCUT2D eigenvalue weighted by molar-refractivity contribution is 5.86. The summed E-state index contributed by atoms with van der Waals surface area (Å²) in [5.74, 6) is -0.156. The first-order valence-corrected chi connectivity index (χ1v) is 7.54. The van der Waals surface area contributed by atoms with Crippen LogP contribution in [0.1, 0.15) is 42.9 Å². The SMILES string of the molecule is O=C(NC1CCCc2ccccc21)C1CCCN1C(=O)O. The number of hydrogen-bond acceptors (Lipinski definition) is 2. The Morgan fingerprint density at radius 1 is 1.19 bits per heavy atom. The first-order chi connectivity index (χ1) is 10.2. The highest BCUT2D eigenvalue weighted by Gasteiger charge is 2.35. The van der Waals surface area contributed by atoms with Crippen molar-refractivity contribution in [1.82, 2.24) is 10.2 Å². The van der Waals surface area contributed by atoms with Gasteiger partial charge < -0.3 is 10.4 Å². The van der Waals surface area contributed by atoms with Crippen LogP contribution in [0.4, 0.5) is 4.79 Å². The zero-order valence-electron chi connectivity index (χ0n) is 11.9. The summed E-state index contributed by atoms with van der Waals surface area (Å²) >= 11 is 0. The molecule has 2 unspecified atom stereocenters. The molecule has 0 spiro atoms. The fourth-order valence-electron chi connectivity index (χ4n) is 3.44. The lowest BCUT2D eigenvalue weighted by Gasteiger charge is -2.29. The number of rotatable bonds is 2. The molecule has 1 heterocycles. The van der Waals surface area contributed by atoms with Gasteiger partial charge in [-0.2, -0.15) is 0 Å². The maximum Gasteiger partial charge on any atom is 0.407 e. The summed E-state index contributed by atoms with van der Waals surface area (Å²) in [5.41, 5.74) is 2.47. The van der Waals surface area contributed by atoms with Crippen molar-refractivity contribution in [2.75, 3.05) is 6.54 Å². The summed E-state index contributed by atoms with van der Waals surface area (Å²) in [6, 6.07) is 7.65. The van der Waals surface area contributed by atoms with Crippen LogP contribution in [0, 0.1) is 0 Å². The molecule has 2 amide bonds. The second-order valence-corrected chi connectivity index (χ2v) is 5.79. The number of aryl methyl sites for hydroxylation is 1. The van der Waals surface area contributed by atoms with Gasteiger partial charge in [-0.25, -0.2) is 4.79 Å². The number of benzene rings is 1. The number of carbonyl (C=O) groups is 2. The molecule has 0 saturated carbocycles. The Hall–Kier alpha value is -2.04. The summed E-state index contributed by atoms with van der Waals surface area (Å²) in [4.78, 5) is 24.8. The third kappa shape index (κ3) is 2.73. The van der Waals surface area contributed by atoms with Crippen molar-refractivity contribution >= 4 is 12.0 Å². The van der Waals surface area contributed by atoms with Gasteiger partial charge in [-0.15, -0.1) is 0 Å². The number of hydrogen-bond donors (Lipinski definition) is 2. The second-order valence-electron chi connectivity index (χ2n) is 5.79. The molecule has 112 valence electrons. The molecule has 2 aliphatic rings. The summed E-state index contributed by atoms with van der Waals surface area (Å²) in [6.07, 6.45) is 3.39. The molecule has 1 aliphatic heterocycles. The lowest BCUT2D eigenvalue weighted by Crippen LogP contribution is -2.46. The lowest BCUT2D eigenvalue weighted by molar-refractivity contribution is -0.125. The van der Waals surface area contributed by atoms with E-state index in [1.165, 1.54) is 16.0 Å². The second kappa shape index (κ2) is 5.76. The van der Waals surface area contributed by atoms with Crippen LogP contribution >= 0.6 is 0 Å². The number of nitrogens with zero attached hydrogens (tertiary/aromatic N) is 1. The minimum atomic E-state index is -1.00. The predicted octanol–water partition coefficient (Wildman–Crippen LogP) is 2.32. The fraction of sp³-hybridized carbons (Fsp3) is 0.500. The van der Waals surface area contributed by atoms with Gasteiger partial charge in [-0.05, 0) is 43.2 Å². The van der Waals surface area contributed by atoms with Gasteiger partial charge in [0.05, 0.1) is 6.04 Å². The van der Waals surface area contributed by atoms with Gasteiger partial charge in [-0.3, -0.25) is 9.69 Å². The third-order valence-corrected chi connectivity index (χ3v) is 4.49. The average Bonchev–Trinajstić information content (AvgIpc) is 2.97. The maximum absolute atomic E-state index is 12.4. The Bertz CT molecular complexity index is 558. The smallest absolute Gasteiger partial charge is 0.407 e. The highest BCUT2D eigenvalue weighted by atomic mass is 16.4. The minimum Gasteiger partial charge on any atom is -0.465 e. The molecule has 21 heavy (non-hydrogen) atoms. The van der Waals surface area contributed by atoms with E-state index in [2.05, 4.69) is 17.4 Å². The highest BCUT2D eigenvalue weighted by Crippen LogP contribution is 2.30. The van der Waals surface area contributed by atoms with E-state index in [4.69, 9.17) is 5.11 Å². The van der Waals surface area contributed by atoms with E-state index in [0.29, 0.717) is 13.0 Å². The van der Waals surface area contributed by atoms with Gasteiger partial charge in [0.25, 0.3) is 0 Å². The molecule has 1 fully saturated rings. The van der Waals surface area contributed by atoms with Crippen LogP contribution in [-0.4, -0.2) is 34.6 Å². The van der Waals surface area contributed by atoms with Crippen LogP contribution in [0.15, 0.2) is 24.3 Å². The van der Waals surface area contributed by atoms with Gasteiger partial charge in [0.2, 0.25) is 5.91 Å². The van der Waals surface area contributed by atoms with E-state index >= 15 is 0 Å². The van der Waals surface area contributed by atoms with Crippen molar-refractivity contribution in [3.8, 4) is 0 Å². The monoisotopic (exact) mass is 288 g/mol. The largest absolute Gasteiger partial charge is 0.465 e. The quantitative estimate of drug-likeness (QED) is 0.877. The molecule has 2 atom stereocenters. The molecule has 0 aromatic heterocycles. The van der Waals surface area contributed by atoms with Gasteiger partial charge in [0.15, 0.2) is 0 Å². The van der Waals surface area contributed by atoms with E-state index in [9.17, 15) is 9.59 Å². The first kappa shape index (κ1) is 13.9. The van der Waals surface area contributed by atoms with Gasteiger partial charge in [0.1, 0.15) is 6.04 Å². The van der Waals surface area contributed by atoms with Gasteiger partial charge in [-0.1, -0.05) is 24.3 Å². The van der Waals surface area contributed by atoms with Crippen molar-refractivity contribution in [3.05, 3.63) is 35.4 Å². The number of nitrogens with one attached hydrogen (secondary N) is 1. The number of likely N-dealkylation sites (tertiary alicyclic amines) is 1. The van der Waals surface area contributed by atoms with Crippen LogP contribution in [0.2, 0.25) is 0 Å². The van der Waals surface area contributed by atoms with Crippen molar-refractivity contribution in [3.63, 3.8) is 0 Å². The van der Waals surface area contributed by atoms with Gasteiger partial charge in [0, 0.05) is 6.54 Å². The lowest BCUT2D eigenvalue weighted by atomic mass is 9.87. The van der Waals surface area contributed by atoms with Crippen molar-refractivity contribution < 1.29 is 14.7 Å². The molecule has 1 aromatic rings. The molecule has 0 bridgehead atoms. The molecule has 5 nitrogen and oxygen atoms in total. The molecular weight excluding hydrogens is 268 g/mol. The number of carboxylic acid groups (broad SMARTS) is 1.